The largest absolute Gasteiger partial charge is 0.442 e. The topological polar surface area (TPSA) is 74.8 Å². The Morgan fingerprint density at radius 1 is 1.17 bits per heavy atom. The van der Waals surface area contributed by atoms with E-state index in [9.17, 15) is 9.59 Å². The van der Waals surface area contributed by atoms with Crippen molar-refractivity contribution in [2.75, 3.05) is 47.5 Å². The second-order valence-electron chi connectivity index (χ2n) is 7.10. The van der Waals surface area contributed by atoms with Gasteiger partial charge in [-0.25, -0.2) is 9.78 Å². The second kappa shape index (κ2) is 8.73. The maximum Gasteiger partial charge on any atom is 0.414 e. The molecule has 0 aliphatic carbocycles. The molecule has 2 fully saturated rings. The Kier molecular flexibility index (Phi) is 5.89. The van der Waals surface area contributed by atoms with Crippen molar-refractivity contribution in [2.24, 2.45) is 0 Å². The molecule has 2 aromatic rings. The molecule has 0 bridgehead atoms. The van der Waals surface area contributed by atoms with E-state index in [0.717, 1.165) is 47.2 Å². The van der Waals surface area contributed by atoms with E-state index in [1.165, 1.54) is 6.92 Å². The number of nitrogens with one attached hydrogen (secondary N) is 1. The monoisotopic (exact) mass is 412 g/mol. The van der Waals surface area contributed by atoms with Gasteiger partial charge >= 0.3 is 6.09 Å². The summed E-state index contributed by atoms with van der Waals surface area (Å²) in [4.78, 5) is 31.7. The SMILES string of the molecule is CC(=O)NCC1CN(c2ccc(-c3ccc(N4CCSCC4)nc3)cc2)C(=O)O1. The fourth-order valence-electron chi connectivity index (χ4n) is 3.47. The third kappa shape index (κ3) is 4.64. The van der Waals surface area contributed by atoms with Crippen molar-refractivity contribution < 1.29 is 14.3 Å². The summed E-state index contributed by atoms with van der Waals surface area (Å²) in [6, 6.07) is 12.0. The van der Waals surface area contributed by atoms with Gasteiger partial charge in [0.1, 0.15) is 11.9 Å². The van der Waals surface area contributed by atoms with Crippen LogP contribution in [0.3, 0.4) is 0 Å². The van der Waals surface area contributed by atoms with Crippen LogP contribution in [0.5, 0.6) is 0 Å². The van der Waals surface area contributed by atoms with Gasteiger partial charge in [-0.3, -0.25) is 9.69 Å². The molecule has 8 heteroatoms. The first-order valence-corrected chi connectivity index (χ1v) is 10.9. The van der Waals surface area contributed by atoms with E-state index >= 15 is 0 Å². The van der Waals surface area contributed by atoms with Gasteiger partial charge in [-0.05, 0) is 29.8 Å². The number of carbonyl (C=O) groups is 2. The summed E-state index contributed by atoms with van der Waals surface area (Å²) >= 11 is 1.98. The average Bonchev–Trinajstić information content (AvgIpc) is 3.14. The second-order valence-corrected chi connectivity index (χ2v) is 8.33. The number of cyclic esters (lactones) is 1. The van der Waals surface area contributed by atoms with E-state index < -0.39 is 0 Å². The minimum Gasteiger partial charge on any atom is -0.442 e. The molecule has 1 unspecified atom stereocenters. The van der Waals surface area contributed by atoms with Crippen LogP contribution in [0, 0.1) is 0 Å². The minimum absolute atomic E-state index is 0.136. The van der Waals surface area contributed by atoms with E-state index in [2.05, 4.69) is 27.3 Å². The Hall–Kier alpha value is -2.74. The Morgan fingerprint density at radius 3 is 2.55 bits per heavy atom. The van der Waals surface area contributed by atoms with Crippen molar-refractivity contribution in [3.05, 3.63) is 42.6 Å². The molecule has 0 saturated carbocycles. The lowest BCUT2D eigenvalue weighted by Gasteiger charge is -2.27. The molecule has 4 rings (SSSR count). The number of hydrogen-bond donors (Lipinski definition) is 1. The zero-order valence-corrected chi connectivity index (χ0v) is 17.2. The van der Waals surface area contributed by atoms with Crippen molar-refractivity contribution in [3.8, 4) is 11.1 Å². The van der Waals surface area contributed by atoms with E-state index in [1.54, 1.807) is 4.90 Å². The van der Waals surface area contributed by atoms with Crippen molar-refractivity contribution in [2.45, 2.75) is 13.0 Å². The first-order valence-electron chi connectivity index (χ1n) is 9.72. The van der Waals surface area contributed by atoms with Crippen LogP contribution in [0.4, 0.5) is 16.3 Å². The summed E-state index contributed by atoms with van der Waals surface area (Å²) in [6.45, 7) is 4.27. The summed E-state index contributed by atoms with van der Waals surface area (Å²) in [5, 5.41) is 2.68. The van der Waals surface area contributed by atoms with Gasteiger partial charge in [0.15, 0.2) is 0 Å². The van der Waals surface area contributed by atoms with Crippen molar-refractivity contribution in [1.82, 2.24) is 10.3 Å². The molecule has 29 heavy (non-hydrogen) atoms. The molecule has 1 atom stereocenters. The standard InChI is InChI=1S/C21H24N4O3S/c1-15(26)22-13-19-14-25(21(27)28-19)18-5-2-16(3-6-18)17-4-7-20(23-12-17)24-8-10-29-11-9-24/h2-7,12,19H,8-11,13-14H2,1H3,(H,22,26). The number of pyridine rings is 1. The Labute approximate surface area is 174 Å². The summed E-state index contributed by atoms with van der Waals surface area (Å²) in [5.41, 5.74) is 2.86. The highest BCUT2D eigenvalue weighted by Gasteiger charge is 2.32. The third-order valence-electron chi connectivity index (χ3n) is 5.05. The van der Waals surface area contributed by atoms with Gasteiger partial charge in [0.05, 0.1) is 13.1 Å². The third-order valence-corrected chi connectivity index (χ3v) is 5.99. The molecule has 1 aromatic carbocycles. The van der Waals surface area contributed by atoms with Crippen molar-refractivity contribution in [1.29, 1.82) is 0 Å². The minimum atomic E-state index is -0.390. The van der Waals surface area contributed by atoms with E-state index in [1.807, 2.05) is 42.2 Å². The van der Waals surface area contributed by atoms with E-state index in [0.29, 0.717) is 13.1 Å². The maximum atomic E-state index is 12.1. The molecule has 7 nitrogen and oxygen atoms in total. The van der Waals surface area contributed by atoms with Crippen molar-refractivity contribution >= 4 is 35.3 Å². The lowest BCUT2D eigenvalue weighted by molar-refractivity contribution is -0.119. The van der Waals surface area contributed by atoms with Crippen LogP contribution in [-0.2, 0) is 9.53 Å². The highest BCUT2D eigenvalue weighted by molar-refractivity contribution is 7.99. The quantitative estimate of drug-likeness (QED) is 0.814. The van der Waals surface area contributed by atoms with Gasteiger partial charge in [0.25, 0.3) is 0 Å². The number of rotatable bonds is 5. The summed E-state index contributed by atoms with van der Waals surface area (Å²) in [5.74, 6) is 3.18. The number of amides is 2. The lowest BCUT2D eigenvalue weighted by atomic mass is 10.1. The van der Waals surface area contributed by atoms with Gasteiger partial charge in [-0.15, -0.1) is 0 Å². The summed E-state index contributed by atoms with van der Waals surface area (Å²) in [7, 11) is 0. The van der Waals surface area contributed by atoms with Crippen LogP contribution in [0.15, 0.2) is 42.6 Å². The number of nitrogens with zero attached hydrogens (tertiary/aromatic N) is 3. The van der Waals surface area contributed by atoms with Crippen LogP contribution in [0.2, 0.25) is 0 Å². The fourth-order valence-corrected chi connectivity index (χ4v) is 4.37. The number of aromatic nitrogens is 1. The van der Waals surface area contributed by atoms with Gasteiger partial charge in [0.2, 0.25) is 5.91 Å². The summed E-state index contributed by atoms with van der Waals surface area (Å²) in [6.07, 6.45) is 1.18. The number of benzene rings is 1. The molecule has 2 aliphatic rings. The number of ether oxygens (including phenoxy) is 1. The predicted molar refractivity (Wildman–Crippen MR) is 116 cm³/mol. The highest BCUT2D eigenvalue weighted by Crippen LogP contribution is 2.27. The first kappa shape index (κ1) is 19.6. The molecule has 0 spiro atoms. The molecule has 2 saturated heterocycles. The number of hydrogen-bond acceptors (Lipinski definition) is 6. The molecular formula is C21H24N4O3S. The average molecular weight is 413 g/mol. The van der Waals surface area contributed by atoms with Gasteiger partial charge < -0.3 is 15.0 Å². The van der Waals surface area contributed by atoms with E-state index in [-0.39, 0.29) is 18.1 Å². The number of carbonyl (C=O) groups excluding carboxylic acids is 2. The molecular weight excluding hydrogens is 388 g/mol. The van der Waals surface area contributed by atoms with Crippen LogP contribution in [0.25, 0.3) is 11.1 Å². The first-order chi connectivity index (χ1) is 14.1. The summed E-state index contributed by atoms with van der Waals surface area (Å²) < 4.78 is 5.32. The van der Waals surface area contributed by atoms with Crippen LogP contribution in [-0.4, -0.2) is 60.8 Å². The van der Waals surface area contributed by atoms with Crippen LogP contribution < -0.4 is 15.1 Å². The predicted octanol–water partition coefficient (Wildman–Crippen LogP) is 2.76. The molecule has 152 valence electrons. The smallest absolute Gasteiger partial charge is 0.414 e. The van der Waals surface area contributed by atoms with Gasteiger partial charge in [0, 0.05) is 49.0 Å². The fraction of sp³-hybridized carbons (Fsp3) is 0.381. The molecule has 0 radical (unpaired) electrons. The Balaban J connectivity index is 1.41. The van der Waals surface area contributed by atoms with Gasteiger partial charge in [-0.1, -0.05) is 12.1 Å². The van der Waals surface area contributed by atoms with Gasteiger partial charge in [-0.2, -0.15) is 11.8 Å². The zero-order valence-electron chi connectivity index (χ0n) is 16.3. The van der Waals surface area contributed by atoms with Crippen LogP contribution >= 0.6 is 11.8 Å². The molecule has 1 N–H and O–H groups in total. The highest BCUT2D eigenvalue weighted by atomic mass is 32.2. The Bertz CT molecular complexity index is 866. The Morgan fingerprint density at radius 2 is 1.90 bits per heavy atom. The molecule has 2 aliphatic heterocycles. The lowest BCUT2D eigenvalue weighted by Crippen LogP contribution is -2.33. The van der Waals surface area contributed by atoms with Crippen molar-refractivity contribution in [3.63, 3.8) is 0 Å². The molecule has 3 heterocycles. The number of anilines is 2. The zero-order chi connectivity index (χ0) is 20.2. The maximum absolute atomic E-state index is 12.1. The normalized spacial score (nSPS) is 19.2. The molecule has 2 amide bonds. The van der Waals surface area contributed by atoms with E-state index in [4.69, 9.17) is 4.74 Å². The number of thioether (sulfide) groups is 1. The molecule has 1 aromatic heterocycles. The van der Waals surface area contributed by atoms with Crippen LogP contribution in [0.1, 0.15) is 6.92 Å².